The molecule has 0 heterocycles. The van der Waals surface area contributed by atoms with Crippen molar-refractivity contribution in [2.24, 2.45) is 11.7 Å². The summed E-state index contributed by atoms with van der Waals surface area (Å²) in [6.45, 7) is 1.92. The molecule has 0 unspecified atom stereocenters. The second-order valence-electron chi connectivity index (χ2n) is 4.38. The van der Waals surface area contributed by atoms with Crippen LogP contribution >= 0.6 is 11.6 Å². The van der Waals surface area contributed by atoms with Gasteiger partial charge in [-0.25, -0.2) is 0 Å². The van der Waals surface area contributed by atoms with Crippen molar-refractivity contribution in [3.8, 4) is 0 Å². The molecule has 1 aliphatic rings. The number of carbonyl (C=O) groups is 1. The van der Waals surface area contributed by atoms with Gasteiger partial charge in [-0.1, -0.05) is 11.6 Å². The molecule has 0 atom stereocenters. The first-order valence-electron chi connectivity index (χ1n) is 5.39. The van der Waals surface area contributed by atoms with Crippen molar-refractivity contribution in [1.29, 1.82) is 0 Å². The molecule has 0 aromatic heterocycles. The summed E-state index contributed by atoms with van der Waals surface area (Å²) in [7, 11) is 0. The number of anilines is 1. The van der Waals surface area contributed by atoms with E-state index in [1.165, 1.54) is 0 Å². The Balaban J connectivity index is 2.01. The topological polar surface area (TPSA) is 55.1 Å². The Morgan fingerprint density at radius 3 is 2.75 bits per heavy atom. The minimum Gasteiger partial charge on any atom is -0.328 e. The van der Waals surface area contributed by atoms with Crippen LogP contribution in [0.5, 0.6) is 0 Å². The third kappa shape index (κ3) is 2.36. The molecule has 1 amide bonds. The number of hydrogen-bond acceptors (Lipinski definition) is 2. The van der Waals surface area contributed by atoms with Crippen LogP contribution in [0.25, 0.3) is 0 Å². The van der Waals surface area contributed by atoms with E-state index >= 15 is 0 Å². The lowest BCUT2D eigenvalue weighted by Gasteiger charge is -2.31. The fourth-order valence-electron chi connectivity index (χ4n) is 1.88. The van der Waals surface area contributed by atoms with Gasteiger partial charge in [0, 0.05) is 22.7 Å². The van der Waals surface area contributed by atoms with Gasteiger partial charge in [-0.05, 0) is 43.5 Å². The summed E-state index contributed by atoms with van der Waals surface area (Å²) in [6, 6.07) is 5.64. The number of rotatable bonds is 2. The molecule has 0 spiro atoms. The van der Waals surface area contributed by atoms with Crippen molar-refractivity contribution in [1.82, 2.24) is 0 Å². The Bertz CT molecular complexity index is 413. The number of halogens is 1. The molecule has 0 saturated heterocycles. The van der Waals surface area contributed by atoms with Gasteiger partial charge < -0.3 is 11.1 Å². The van der Waals surface area contributed by atoms with Crippen LogP contribution < -0.4 is 11.1 Å². The summed E-state index contributed by atoms with van der Waals surface area (Å²) >= 11 is 5.84. The Labute approximate surface area is 100.0 Å². The van der Waals surface area contributed by atoms with Crippen molar-refractivity contribution in [3.63, 3.8) is 0 Å². The number of nitrogens with one attached hydrogen (secondary N) is 1. The summed E-state index contributed by atoms with van der Waals surface area (Å²) in [5, 5.41) is 3.59. The molecular weight excluding hydrogens is 224 g/mol. The van der Waals surface area contributed by atoms with E-state index in [0.29, 0.717) is 5.02 Å². The van der Waals surface area contributed by atoms with Crippen LogP contribution in [-0.2, 0) is 4.79 Å². The molecule has 3 nitrogen and oxygen atoms in total. The summed E-state index contributed by atoms with van der Waals surface area (Å²) in [5.74, 6) is 0.136. The first kappa shape index (κ1) is 11.4. The second kappa shape index (κ2) is 4.44. The molecule has 1 saturated carbocycles. The van der Waals surface area contributed by atoms with Gasteiger partial charge in [-0.2, -0.15) is 0 Å². The van der Waals surface area contributed by atoms with Gasteiger partial charge >= 0.3 is 0 Å². The van der Waals surface area contributed by atoms with Crippen molar-refractivity contribution in [2.75, 3.05) is 5.32 Å². The molecule has 1 aromatic rings. The van der Waals surface area contributed by atoms with Crippen LogP contribution in [0.2, 0.25) is 5.02 Å². The molecule has 86 valence electrons. The lowest BCUT2D eigenvalue weighted by atomic mass is 9.80. The molecule has 2 rings (SSSR count). The Morgan fingerprint density at radius 1 is 1.50 bits per heavy atom. The summed E-state index contributed by atoms with van der Waals surface area (Å²) < 4.78 is 0. The predicted molar refractivity (Wildman–Crippen MR) is 65.5 cm³/mol. The number of benzene rings is 1. The molecule has 3 N–H and O–H groups in total. The van der Waals surface area contributed by atoms with Crippen LogP contribution in [0.1, 0.15) is 18.4 Å². The van der Waals surface area contributed by atoms with E-state index < -0.39 is 0 Å². The van der Waals surface area contributed by atoms with Gasteiger partial charge in [-0.15, -0.1) is 0 Å². The molecule has 1 aliphatic carbocycles. The van der Waals surface area contributed by atoms with Crippen molar-refractivity contribution >= 4 is 23.2 Å². The number of aryl methyl sites for hydroxylation is 1. The van der Waals surface area contributed by atoms with Crippen LogP contribution in [-0.4, -0.2) is 11.9 Å². The highest BCUT2D eigenvalue weighted by molar-refractivity contribution is 6.30. The molecule has 1 aromatic carbocycles. The quantitative estimate of drug-likeness (QED) is 0.831. The highest BCUT2D eigenvalue weighted by Crippen LogP contribution is 2.28. The first-order chi connectivity index (χ1) is 7.56. The monoisotopic (exact) mass is 238 g/mol. The number of amides is 1. The van der Waals surface area contributed by atoms with Gasteiger partial charge in [0.15, 0.2) is 0 Å². The fraction of sp³-hybridized carbons (Fsp3) is 0.417. The Morgan fingerprint density at radius 2 is 2.19 bits per heavy atom. The van der Waals surface area contributed by atoms with E-state index in [1.54, 1.807) is 6.07 Å². The molecule has 0 bridgehead atoms. The van der Waals surface area contributed by atoms with Crippen LogP contribution in [0.4, 0.5) is 5.69 Å². The second-order valence-corrected chi connectivity index (χ2v) is 4.81. The van der Waals surface area contributed by atoms with Gasteiger partial charge in [0.1, 0.15) is 0 Å². The van der Waals surface area contributed by atoms with Crippen LogP contribution in [0.3, 0.4) is 0 Å². The maximum absolute atomic E-state index is 11.8. The lowest BCUT2D eigenvalue weighted by molar-refractivity contribution is -0.122. The number of carbonyl (C=O) groups excluding carboxylic acids is 1. The lowest BCUT2D eigenvalue weighted by Crippen LogP contribution is -2.42. The van der Waals surface area contributed by atoms with Crippen LogP contribution in [0, 0.1) is 12.8 Å². The summed E-state index contributed by atoms with van der Waals surface area (Å²) in [5.41, 5.74) is 7.46. The summed E-state index contributed by atoms with van der Waals surface area (Å²) in [4.78, 5) is 11.8. The third-order valence-electron chi connectivity index (χ3n) is 2.99. The van der Waals surface area contributed by atoms with Crippen molar-refractivity contribution in [2.45, 2.75) is 25.8 Å². The number of nitrogens with two attached hydrogens (primary N) is 1. The molecule has 16 heavy (non-hydrogen) atoms. The zero-order valence-electron chi connectivity index (χ0n) is 9.16. The van der Waals surface area contributed by atoms with E-state index in [4.69, 9.17) is 17.3 Å². The smallest absolute Gasteiger partial charge is 0.227 e. The first-order valence-corrected chi connectivity index (χ1v) is 5.76. The highest BCUT2D eigenvalue weighted by Gasteiger charge is 2.31. The molecule has 4 heteroatoms. The van der Waals surface area contributed by atoms with Crippen molar-refractivity contribution in [3.05, 3.63) is 28.8 Å². The zero-order valence-corrected chi connectivity index (χ0v) is 9.92. The highest BCUT2D eigenvalue weighted by atomic mass is 35.5. The molecule has 1 fully saturated rings. The Kier molecular flexibility index (Phi) is 3.17. The maximum atomic E-state index is 11.8. The predicted octanol–water partition coefficient (Wildman–Crippen LogP) is 2.32. The van der Waals surface area contributed by atoms with Gasteiger partial charge in [0.05, 0.1) is 0 Å². The molecule has 0 aliphatic heterocycles. The average molecular weight is 239 g/mol. The zero-order chi connectivity index (χ0) is 11.7. The SMILES string of the molecule is Cc1cc(Cl)ccc1NC(=O)C1CC(N)C1. The van der Waals surface area contributed by atoms with Gasteiger partial charge in [0.25, 0.3) is 0 Å². The fourth-order valence-corrected chi connectivity index (χ4v) is 2.10. The van der Waals surface area contributed by atoms with Gasteiger partial charge in [-0.3, -0.25) is 4.79 Å². The van der Waals surface area contributed by atoms with Gasteiger partial charge in [0.2, 0.25) is 5.91 Å². The van der Waals surface area contributed by atoms with Crippen LogP contribution in [0.15, 0.2) is 18.2 Å². The largest absolute Gasteiger partial charge is 0.328 e. The maximum Gasteiger partial charge on any atom is 0.227 e. The van der Waals surface area contributed by atoms with E-state index in [-0.39, 0.29) is 17.9 Å². The standard InChI is InChI=1S/C12H15ClN2O/c1-7-4-9(13)2-3-11(7)15-12(16)8-5-10(14)6-8/h2-4,8,10H,5-6,14H2,1H3,(H,15,16). The van der Waals surface area contributed by atoms with Crippen molar-refractivity contribution < 1.29 is 4.79 Å². The normalized spacial score (nSPS) is 23.7. The van der Waals surface area contributed by atoms with E-state index in [1.807, 2.05) is 19.1 Å². The number of hydrogen-bond donors (Lipinski definition) is 2. The molecule has 0 radical (unpaired) electrons. The third-order valence-corrected chi connectivity index (χ3v) is 3.23. The van der Waals surface area contributed by atoms with E-state index in [2.05, 4.69) is 5.32 Å². The Hall–Kier alpha value is -1.06. The average Bonchev–Trinajstić information content (AvgIpc) is 2.17. The summed E-state index contributed by atoms with van der Waals surface area (Å²) in [6.07, 6.45) is 1.58. The van der Waals surface area contributed by atoms with E-state index in [9.17, 15) is 4.79 Å². The molecular formula is C12H15ClN2O. The van der Waals surface area contributed by atoms with E-state index in [0.717, 1.165) is 24.1 Å². The minimum atomic E-state index is 0.0622. The minimum absolute atomic E-state index is 0.0622.